The molecular weight excluding hydrogens is 474 g/mol. The Kier molecular flexibility index (Phi) is 7.34. The van der Waals surface area contributed by atoms with Gasteiger partial charge in [-0.1, -0.05) is 30.3 Å². The Morgan fingerprint density at radius 2 is 1.54 bits per heavy atom. The highest BCUT2D eigenvalue weighted by atomic mass is 16.5. The summed E-state index contributed by atoms with van der Waals surface area (Å²) < 4.78 is 16.3. The molecule has 1 aromatic heterocycles. The normalized spacial score (nSPS) is 11.2. The molecule has 0 aliphatic rings. The third-order valence-electron chi connectivity index (χ3n) is 5.76. The van der Waals surface area contributed by atoms with Gasteiger partial charge in [-0.15, -0.1) is 0 Å². The van der Waals surface area contributed by atoms with Crippen molar-refractivity contribution in [1.29, 1.82) is 0 Å². The zero-order chi connectivity index (χ0) is 26.5. The molecule has 188 valence electrons. The van der Waals surface area contributed by atoms with E-state index in [0.717, 1.165) is 5.56 Å². The van der Waals surface area contributed by atoms with Crippen LogP contribution in [0.2, 0.25) is 0 Å². The number of aromatic amines is 1. The molecule has 0 bridgehead atoms. The fourth-order valence-corrected chi connectivity index (χ4v) is 3.89. The number of hydrogen-bond donors (Lipinski definition) is 1. The predicted molar refractivity (Wildman–Crippen MR) is 139 cm³/mol. The van der Waals surface area contributed by atoms with Crippen LogP contribution in [-0.4, -0.2) is 48.8 Å². The maximum absolute atomic E-state index is 13.7. The van der Waals surface area contributed by atoms with Crippen LogP contribution in [-0.2, 0) is 9.47 Å². The maximum atomic E-state index is 13.7. The maximum Gasteiger partial charge on any atom is 0.340 e. The Labute approximate surface area is 212 Å². The number of nitrogens with one attached hydrogen (secondary N) is 1. The first kappa shape index (κ1) is 25.2. The van der Waals surface area contributed by atoms with Gasteiger partial charge in [-0.25, -0.2) is 14.3 Å². The second-order valence-electron chi connectivity index (χ2n) is 7.98. The molecule has 37 heavy (non-hydrogen) atoms. The molecule has 0 spiro atoms. The number of carbonyl (C=O) groups is 2. The van der Waals surface area contributed by atoms with Gasteiger partial charge in [0.2, 0.25) is 0 Å². The zero-order valence-electron chi connectivity index (χ0n) is 20.8. The highest BCUT2D eigenvalue weighted by Gasteiger charge is 2.21. The molecule has 1 heterocycles. The van der Waals surface area contributed by atoms with Gasteiger partial charge in [-0.05, 0) is 49.4 Å². The van der Waals surface area contributed by atoms with E-state index in [1.165, 1.54) is 37.1 Å². The predicted octanol–water partition coefficient (Wildman–Crippen LogP) is 4.56. The number of nitrogens with zero attached hydrogens (tertiary/aromatic N) is 2. The summed E-state index contributed by atoms with van der Waals surface area (Å²) in [4.78, 5) is 42.8. The monoisotopic (exact) mass is 499 g/mol. The Morgan fingerprint density at radius 1 is 0.865 bits per heavy atom. The molecule has 3 aromatic carbocycles. The van der Waals surface area contributed by atoms with Crippen molar-refractivity contribution in [2.45, 2.75) is 6.92 Å². The van der Waals surface area contributed by atoms with E-state index in [9.17, 15) is 14.4 Å². The number of rotatable bonds is 7. The molecule has 9 heteroatoms. The Morgan fingerprint density at radius 3 is 2.16 bits per heavy atom. The topological polar surface area (TPSA) is 112 Å². The molecule has 0 radical (unpaired) electrons. The average molecular weight is 500 g/mol. The number of ether oxygens (including phenoxy) is 3. The number of esters is 2. The minimum atomic E-state index is -0.629. The summed E-state index contributed by atoms with van der Waals surface area (Å²) in [6.07, 6.45) is 0. The first-order valence-electron chi connectivity index (χ1n) is 11.3. The van der Waals surface area contributed by atoms with Crippen LogP contribution in [0.5, 0.6) is 5.75 Å². The number of H-pyrrole nitrogens is 1. The van der Waals surface area contributed by atoms with E-state index in [-0.39, 0.29) is 22.4 Å². The number of hydrogen-bond acceptors (Lipinski definition) is 7. The molecule has 1 N–H and O–H groups in total. The second kappa shape index (κ2) is 10.8. The third kappa shape index (κ3) is 5.06. The lowest BCUT2D eigenvalue weighted by atomic mass is 10.0. The highest BCUT2D eigenvalue weighted by molar-refractivity contribution is 6.07. The van der Waals surface area contributed by atoms with Crippen molar-refractivity contribution in [2.24, 2.45) is 4.99 Å². The molecule has 0 amide bonds. The van der Waals surface area contributed by atoms with Crippen molar-refractivity contribution in [3.05, 3.63) is 99.8 Å². The largest absolute Gasteiger partial charge is 0.497 e. The summed E-state index contributed by atoms with van der Waals surface area (Å²) in [7, 11) is 4.08. The van der Waals surface area contributed by atoms with Crippen LogP contribution in [0.1, 0.15) is 33.2 Å². The lowest BCUT2D eigenvalue weighted by molar-refractivity contribution is 0.0587. The van der Waals surface area contributed by atoms with Crippen molar-refractivity contribution < 1.29 is 23.8 Å². The van der Waals surface area contributed by atoms with E-state index >= 15 is 0 Å². The number of aromatic nitrogens is 2. The minimum absolute atomic E-state index is 0.141. The van der Waals surface area contributed by atoms with Crippen LogP contribution in [0.25, 0.3) is 16.9 Å². The number of benzene rings is 3. The minimum Gasteiger partial charge on any atom is -0.497 e. The first-order chi connectivity index (χ1) is 17.9. The molecule has 0 fully saturated rings. The van der Waals surface area contributed by atoms with Crippen molar-refractivity contribution in [1.82, 2.24) is 9.78 Å². The van der Waals surface area contributed by atoms with E-state index in [0.29, 0.717) is 28.4 Å². The lowest BCUT2D eigenvalue weighted by Crippen LogP contribution is -2.19. The summed E-state index contributed by atoms with van der Waals surface area (Å²) >= 11 is 0. The smallest absolute Gasteiger partial charge is 0.340 e. The quantitative estimate of drug-likeness (QED) is 0.295. The van der Waals surface area contributed by atoms with Crippen molar-refractivity contribution in [2.75, 3.05) is 21.3 Å². The van der Waals surface area contributed by atoms with Crippen molar-refractivity contribution in [3.63, 3.8) is 0 Å². The lowest BCUT2D eigenvalue weighted by Gasteiger charge is -2.08. The summed E-state index contributed by atoms with van der Waals surface area (Å²) in [5, 5.41) is 3.19. The van der Waals surface area contributed by atoms with Gasteiger partial charge in [0.15, 0.2) is 0 Å². The zero-order valence-corrected chi connectivity index (χ0v) is 20.8. The fraction of sp³-hybridized carbons (Fsp3) is 0.143. The molecule has 0 aliphatic carbocycles. The highest BCUT2D eigenvalue weighted by Crippen LogP contribution is 2.27. The van der Waals surface area contributed by atoms with Gasteiger partial charge in [-0.2, -0.15) is 0 Å². The van der Waals surface area contributed by atoms with Gasteiger partial charge < -0.3 is 14.2 Å². The molecule has 0 atom stereocenters. The van der Waals surface area contributed by atoms with E-state index < -0.39 is 11.9 Å². The number of aliphatic imine (C=N–C) groups is 1. The molecule has 0 saturated carbocycles. The third-order valence-corrected chi connectivity index (χ3v) is 5.76. The second-order valence-corrected chi connectivity index (χ2v) is 7.98. The van der Waals surface area contributed by atoms with Crippen LogP contribution in [0.15, 0.2) is 82.6 Å². The molecule has 0 unspecified atom stereocenters. The van der Waals surface area contributed by atoms with E-state index in [2.05, 4.69) is 10.1 Å². The van der Waals surface area contributed by atoms with Crippen LogP contribution in [0.3, 0.4) is 0 Å². The van der Waals surface area contributed by atoms with E-state index in [4.69, 9.17) is 14.2 Å². The molecule has 0 saturated heterocycles. The summed E-state index contributed by atoms with van der Waals surface area (Å²) in [5.41, 5.74) is 2.73. The average Bonchev–Trinajstić information content (AvgIpc) is 3.29. The summed E-state index contributed by atoms with van der Waals surface area (Å²) in [6.45, 7) is 1.67. The van der Waals surface area contributed by atoms with Gasteiger partial charge in [0, 0.05) is 5.56 Å². The van der Waals surface area contributed by atoms with Gasteiger partial charge >= 0.3 is 11.9 Å². The number of carbonyl (C=O) groups excluding carboxylic acids is 2. The van der Waals surface area contributed by atoms with Crippen LogP contribution >= 0.6 is 0 Å². The summed E-state index contributed by atoms with van der Waals surface area (Å²) in [5.74, 6) is -0.555. The SMILES string of the molecule is COC(=O)c1ccc(C(=O)OC)c(N=C(C)c2c(-c3ccccc3)[nH]n(-c3ccc(OC)cc3)c2=O)c1. The number of methoxy groups -OCH3 is 3. The Balaban J connectivity index is 1.93. The first-order valence-corrected chi connectivity index (χ1v) is 11.3. The van der Waals surface area contributed by atoms with Crippen LogP contribution < -0.4 is 10.3 Å². The van der Waals surface area contributed by atoms with Crippen molar-refractivity contribution >= 4 is 23.3 Å². The summed E-state index contributed by atoms with van der Waals surface area (Å²) in [6, 6.07) is 20.7. The van der Waals surface area contributed by atoms with Crippen LogP contribution in [0, 0.1) is 0 Å². The van der Waals surface area contributed by atoms with Gasteiger partial charge in [0.05, 0.1) is 60.8 Å². The van der Waals surface area contributed by atoms with Crippen molar-refractivity contribution in [3.8, 4) is 22.7 Å². The van der Waals surface area contributed by atoms with Gasteiger partial charge in [0.1, 0.15) is 5.75 Å². The Bertz CT molecular complexity index is 1530. The molecular formula is C28H25N3O6. The van der Waals surface area contributed by atoms with Gasteiger partial charge in [-0.3, -0.25) is 14.9 Å². The molecule has 4 aromatic rings. The molecule has 4 rings (SSSR count). The van der Waals surface area contributed by atoms with E-state index in [1.807, 2.05) is 30.3 Å². The Hall–Kier alpha value is -4.92. The van der Waals surface area contributed by atoms with Crippen LogP contribution in [0.4, 0.5) is 5.69 Å². The standard InChI is InChI=1S/C28H25N3O6/c1-17(29-23-16-19(27(33)36-3)10-15-22(23)28(34)37-4)24-25(18-8-6-5-7-9-18)30-31(26(24)32)20-11-13-21(35-2)14-12-20/h5-16,30H,1-4H3. The fourth-order valence-electron chi connectivity index (χ4n) is 3.89. The van der Waals surface area contributed by atoms with E-state index in [1.54, 1.807) is 38.3 Å². The molecule has 9 nitrogen and oxygen atoms in total. The van der Waals surface area contributed by atoms with Gasteiger partial charge in [0.25, 0.3) is 5.56 Å². The molecule has 0 aliphatic heterocycles.